The highest BCUT2D eigenvalue weighted by Gasteiger charge is 2.31. The number of rotatable bonds is 8. The number of Topliss-reactive ketones (excluding diaryl/α,β-unsaturated/α-hetero) is 1. The first kappa shape index (κ1) is 19.4. The number of unbranched alkanes of at least 4 members (excludes halogenated alkanes) is 1. The number of carbonyl (C=O) groups excluding carboxylic acids is 2. The largest absolute Gasteiger partial charge is 0.481 e. The molecule has 0 heterocycles. The third-order valence-electron chi connectivity index (χ3n) is 4.15. The minimum absolute atomic E-state index is 0.0892. The zero-order valence-corrected chi connectivity index (χ0v) is 14.4. The molecule has 0 spiro atoms. The Morgan fingerprint density at radius 3 is 2.54 bits per heavy atom. The van der Waals surface area contributed by atoms with Crippen LogP contribution in [0.2, 0.25) is 0 Å². The summed E-state index contributed by atoms with van der Waals surface area (Å²) in [5.74, 6) is -4.50. The van der Waals surface area contributed by atoms with Crippen molar-refractivity contribution >= 4 is 29.3 Å². The maximum atomic E-state index is 12.3. The first-order valence-electron chi connectivity index (χ1n) is 8.34. The van der Waals surface area contributed by atoms with Gasteiger partial charge in [-0.2, -0.15) is 0 Å². The molecular formula is C19H20O7. The fourth-order valence-corrected chi connectivity index (χ4v) is 2.88. The van der Waals surface area contributed by atoms with Crippen molar-refractivity contribution in [1.82, 2.24) is 0 Å². The molecule has 2 N–H and O–H groups in total. The molecule has 0 saturated carbocycles. The number of fused-ring (bicyclic) bond motifs is 1. The van der Waals surface area contributed by atoms with Crippen molar-refractivity contribution in [1.29, 1.82) is 0 Å². The molecule has 1 aromatic rings. The summed E-state index contributed by atoms with van der Waals surface area (Å²) in [5.41, 5.74) is 0.735. The molecule has 7 nitrogen and oxygen atoms in total. The summed E-state index contributed by atoms with van der Waals surface area (Å²) in [6.07, 6.45) is 2.29. The number of carbonyl (C=O) groups is 4. The predicted octanol–water partition coefficient (Wildman–Crippen LogP) is 2.33. The lowest BCUT2D eigenvalue weighted by Crippen LogP contribution is -2.25. The van der Waals surface area contributed by atoms with E-state index in [4.69, 9.17) is 9.84 Å². The Morgan fingerprint density at radius 2 is 1.92 bits per heavy atom. The average molecular weight is 360 g/mol. The second-order valence-electron chi connectivity index (χ2n) is 6.04. The van der Waals surface area contributed by atoms with Gasteiger partial charge >= 0.3 is 17.9 Å². The third kappa shape index (κ3) is 4.36. The summed E-state index contributed by atoms with van der Waals surface area (Å²) in [4.78, 5) is 46.9. The highest BCUT2D eigenvalue weighted by atomic mass is 16.5. The van der Waals surface area contributed by atoms with Crippen LogP contribution < -0.4 is 0 Å². The van der Waals surface area contributed by atoms with Gasteiger partial charge in [-0.15, -0.1) is 0 Å². The van der Waals surface area contributed by atoms with Gasteiger partial charge in [-0.05, 0) is 24.0 Å². The van der Waals surface area contributed by atoms with E-state index in [1.54, 1.807) is 6.07 Å². The van der Waals surface area contributed by atoms with Crippen LogP contribution in [-0.2, 0) is 25.5 Å². The van der Waals surface area contributed by atoms with Gasteiger partial charge in [0.05, 0.1) is 18.1 Å². The molecule has 138 valence electrons. The van der Waals surface area contributed by atoms with Crippen molar-refractivity contribution in [2.45, 2.75) is 32.6 Å². The van der Waals surface area contributed by atoms with Crippen LogP contribution in [0, 0.1) is 5.92 Å². The van der Waals surface area contributed by atoms with Crippen molar-refractivity contribution in [2.75, 3.05) is 6.61 Å². The average Bonchev–Trinajstić information content (AvgIpc) is 2.59. The van der Waals surface area contributed by atoms with E-state index in [1.807, 2.05) is 6.92 Å². The van der Waals surface area contributed by atoms with E-state index >= 15 is 0 Å². The van der Waals surface area contributed by atoms with E-state index in [1.165, 1.54) is 18.2 Å². The lowest BCUT2D eigenvalue weighted by molar-refractivity contribution is -0.147. The number of hydrogen-bond donors (Lipinski definition) is 2. The summed E-state index contributed by atoms with van der Waals surface area (Å²) in [6.45, 7) is 2.20. The molecule has 2 rings (SSSR count). The van der Waals surface area contributed by atoms with Gasteiger partial charge in [0.1, 0.15) is 6.42 Å². The van der Waals surface area contributed by atoms with E-state index in [0.29, 0.717) is 17.5 Å². The molecule has 1 aliphatic rings. The van der Waals surface area contributed by atoms with Crippen molar-refractivity contribution in [3.63, 3.8) is 0 Å². The van der Waals surface area contributed by atoms with Crippen LogP contribution in [0.4, 0.5) is 0 Å². The van der Waals surface area contributed by atoms with E-state index < -0.39 is 36.0 Å². The van der Waals surface area contributed by atoms with Crippen molar-refractivity contribution < 1.29 is 34.1 Å². The van der Waals surface area contributed by atoms with Crippen LogP contribution in [0.3, 0.4) is 0 Å². The number of carboxylic acid groups (broad SMARTS) is 2. The van der Waals surface area contributed by atoms with Crippen LogP contribution in [0.25, 0.3) is 5.57 Å². The normalized spacial score (nSPS) is 15.6. The number of carboxylic acids is 2. The van der Waals surface area contributed by atoms with Crippen LogP contribution in [0.15, 0.2) is 24.3 Å². The molecule has 0 fully saturated rings. The zero-order valence-electron chi connectivity index (χ0n) is 14.4. The van der Waals surface area contributed by atoms with Crippen molar-refractivity contribution in [3.8, 4) is 0 Å². The van der Waals surface area contributed by atoms with Crippen LogP contribution in [0.1, 0.15) is 47.7 Å². The van der Waals surface area contributed by atoms with E-state index in [9.17, 15) is 24.3 Å². The van der Waals surface area contributed by atoms with Crippen LogP contribution in [0.5, 0.6) is 0 Å². The SMILES string of the molecule is CCCCOC(=O)C1C=C(C(=O)O)c2cccc(C(=O)CC(=O)O)c2C1. The van der Waals surface area contributed by atoms with E-state index in [2.05, 4.69) is 0 Å². The molecule has 7 heteroatoms. The summed E-state index contributed by atoms with van der Waals surface area (Å²) in [6, 6.07) is 4.50. The monoisotopic (exact) mass is 360 g/mol. The zero-order chi connectivity index (χ0) is 19.3. The molecule has 1 unspecified atom stereocenters. The first-order chi connectivity index (χ1) is 12.3. The van der Waals surface area contributed by atoms with Gasteiger partial charge in [0.15, 0.2) is 5.78 Å². The molecule has 1 atom stereocenters. The van der Waals surface area contributed by atoms with Crippen molar-refractivity contribution in [2.24, 2.45) is 5.92 Å². The highest BCUT2D eigenvalue weighted by molar-refractivity contribution is 6.18. The minimum atomic E-state index is -1.27. The highest BCUT2D eigenvalue weighted by Crippen LogP contribution is 2.33. The van der Waals surface area contributed by atoms with Gasteiger partial charge in [0, 0.05) is 5.56 Å². The fourth-order valence-electron chi connectivity index (χ4n) is 2.88. The first-order valence-corrected chi connectivity index (χ1v) is 8.34. The fraction of sp³-hybridized carbons (Fsp3) is 0.368. The summed E-state index contributed by atoms with van der Waals surface area (Å²) in [5, 5.41) is 18.3. The Kier molecular flexibility index (Phi) is 6.27. The lowest BCUT2D eigenvalue weighted by Gasteiger charge is -2.23. The van der Waals surface area contributed by atoms with Gasteiger partial charge < -0.3 is 14.9 Å². The molecule has 0 radical (unpaired) electrons. The quantitative estimate of drug-likeness (QED) is 0.316. The number of aliphatic carboxylic acids is 2. The van der Waals surface area contributed by atoms with Gasteiger partial charge in [0.25, 0.3) is 0 Å². The Hall–Kier alpha value is -2.96. The summed E-state index contributed by atoms with van der Waals surface area (Å²) in [7, 11) is 0. The van der Waals surface area contributed by atoms with Crippen LogP contribution >= 0.6 is 0 Å². The summed E-state index contributed by atoms with van der Waals surface area (Å²) >= 11 is 0. The number of ether oxygens (including phenoxy) is 1. The van der Waals surface area contributed by atoms with Crippen molar-refractivity contribution in [3.05, 3.63) is 41.0 Å². The van der Waals surface area contributed by atoms with Gasteiger partial charge in [-0.3, -0.25) is 14.4 Å². The van der Waals surface area contributed by atoms with Gasteiger partial charge in [-0.1, -0.05) is 37.6 Å². The molecule has 0 bridgehead atoms. The maximum absolute atomic E-state index is 12.3. The lowest BCUT2D eigenvalue weighted by atomic mass is 9.81. The predicted molar refractivity (Wildman–Crippen MR) is 91.7 cm³/mol. The maximum Gasteiger partial charge on any atom is 0.336 e. The molecular weight excluding hydrogens is 340 g/mol. The Bertz CT molecular complexity index is 776. The molecule has 1 aliphatic carbocycles. The minimum Gasteiger partial charge on any atom is -0.481 e. The van der Waals surface area contributed by atoms with Gasteiger partial charge in [-0.25, -0.2) is 4.79 Å². The third-order valence-corrected chi connectivity index (χ3v) is 4.15. The molecule has 0 aromatic heterocycles. The number of benzene rings is 1. The molecule has 0 amide bonds. The Labute approximate surface area is 150 Å². The topological polar surface area (TPSA) is 118 Å². The number of esters is 1. The number of hydrogen-bond acceptors (Lipinski definition) is 5. The molecule has 0 saturated heterocycles. The van der Waals surface area contributed by atoms with Gasteiger partial charge in [0.2, 0.25) is 0 Å². The smallest absolute Gasteiger partial charge is 0.336 e. The number of ketones is 1. The molecule has 1 aromatic carbocycles. The summed E-state index contributed by atoms with van der Waals surface area (Å²) < 4.78 is 5.17. The standard InChI is InChI=1S/C19H20O7/c1-2-3-7-26-19(25)11-8-14-12(15(9-11)18(23)24)5-4-6-13(14)16(20)10-17(21)22/h4-6,9,11H,2-3,7-8,10H2,1H3,(H,21,22)(H,23,24). The molecule has 26 heavy (non-hydrogen) atoms. The van der Waals surface area contributed by atoms with E-state index in [0.717, 1.165) is 6.42 Å². The second kappa shape index (κ2) is 8.42. The van der Waals surface area contributed by atoms with E-state index in [-0.39, 0.29) is 24.2 Å². The second-order valence-corrected chi connectivity index (χ2v) is 6.04. The molecule has 0 aliphatic heterocycles. The Morgan fingerprint density at radius 1 is 1.19 bits per heavy atom. The van der Waals surface area contributed by atoms with Crippen LogP contribution in [-0.4, -0.2) is 40.5 Å². The Balaban J connectivity index is 2.40.